The van der Waals surface area contributed by atoms with Crippen LogP contribution in [0.2, 0.25) is 5.02 Å². The monoisotopic (exact) mass is 304 g/mol. The zero-order valence-electron chi connectivity index (χ0n) is 11.5. The third-order valence-electron chi connectivity index (χ3n) is 2.84. The molecule has 0 aliphatic heterocycles. The van der Waals surface area contributed by atoms with Crippen molar-refractivity contribution in [2.24, 2.45) is 0 Å². The topological polar surface area (TPSA) is 75.2 Å². The first-order valence-electron chi connectivity index (χ1n) is 6.10. The number of hydrogen-bond donors (Lipinski definition) is 1. The van der Waals surface area contributed by atoms with Gasteiger partial charge in [-0.15, -0.1) is 0 Å². The van der Waals surface area contributed by atoms with Crippen molar-refractivity contribution in [2.75, 3.05) is 19.0 Å². The van der Waals surface area contributed by atoms with Crippen LogP contribution in [-0.4, -0.2) is 35.9 Å². The van der Waals surface area contributed by atoms with E-state index in [0.29, 0.717) is 10.7 Å². The highest BCUT2D eigenvalue weighted by molar-refractivity contribution is 6.31. The lowest BCUT2D eigenvalue weighted by atomic mass is 10.2. The number of pyridine rings is 2. The Hall–Kier alpha value is -2.47. The van der Waals surface area contributed by atoms with Crippen molar-refractivity contribution >= 4 is 29.1 Å². The number of anilines is 1. The minimum absolute atomic E-state index is 0.225. The fraction of sp³-hybridized carbons (Fsp3) is 0.143. The van der Waals surface area contributed by atoms with Crippen LogP contribution in [-0.2, 0) is 0 Å². The summed E-state index contributed by atoms with van der Waals surface area (Å²) in [5.41, 5.74) is 0.993. The molecule has 0 radical (unpaired) electrons. The Labute approximate surface area is 126 Å². The van der Waals surface area contributed by atoms with Crippen LogP contribution in [0.1, 0.15) is 21.0 Å². The molecule has 2 heterocycles. The van der Waals surface area contributed by atoms with Gasteiger partial charge in [0.1, 0.15) is 11.4 Å². The maximum atomic E-state index is 12.3. The van der Waals surface area contributed by atoms with E-state index in [4.69, 9.17) is 11.6 Å². The lowest BCUT2D eigenvalue weighted by Crippen LogP contribution is -2.28. The van der Waals surface area contributed by atoms with Crippen LogP contribution in [0.15, 0.2) is 36.7 Å². The SMILES string of the molecule is CNC(=O)c1cc(N(C)C(=O)c2cc(Cl)ccn2)ccn1. The Kier molecular flexibility index (Phi) is 4.49. The zero-order valence-corrected chi connectivity index (χ0v) is 12.3. The number of hydrogen-bond acceptors (Lipinski definition) is 4. The highest BCUT2D eigenvalue weighted by Crippen LogP contribution is 2.17. The van der Waals surface area contributed by atoms with Gasteiger partial charge in [-0.3, -0.25) is 19.6 Å². The fourth-order valence-electron chi connectivity index (χ4n) is 1.69. The van der Waals surface area contributed by atoms with E-state index in [-0.39, 0.29) is 23.2 Å². The van der Waals surface area contributed by atoms with Gasteiger partial charge in [0.15, 0.2) is 0 Å². The van der Waals surface area contributed by atoms with E-state index in [1.54, 1.807) is 19.2 Å². The van der Waals surface area contributed by atoms with Crippen molar-refractivity contribution in [1.82, 2.24) is 15.3 Å². The zero-order chi connectivity index (χ0) is 15.4. The van der Waals surface area contributed by atoms with E-state index in [0.717, 1.165) is 0 Å². The molecule has 0 bridgehead atoms. The predicted octanol–water partition coefficient (Wildman–Crippen LogP) is 1.77. The molecule has 0 spiro atoms. The average molecular weight is 305 g/mol. The third kappa shape index (κ3) is 3.35. The van der Waals surface area contributed by atoms with E-state index in [1.165, 1.54) is 36.5 Å². The van der Waals surface area contributed by atoms with Crippen LogP contribution in [0.5, 0.6) is 0 Å². The second-order valence-corrected chi connectivity index (χ2v) is 4.64. The Morgan fingerprint density at radius 2 is 1.81 bits per heavy atom. The molecule has 0 aliphatic carbocycles. The fourth-order valence-corrected chi connectivity index (χ4v) is 1.85. The number of nitrogens with one attached hydrogen (secondary N) is 1. The molecule has 7 heteroatoms. The molecule has 0 saturated carbocycles. The third-order valence-corrected chi connectivity index (χ3v) is 3.07. The first kappa shape index (κ1) is 14.9. The molecule has 2 rings (SSSR count). The van der Waals surface area contributed by atoms with E-state index >= 15 is 0 Å². The summed E-state index contributed by atoms with van der Waals surface area (Å²) in [6.45, 7) is 0. The number of amides is 2. The van der Waals surface area contributed by atoms with E-state index in [1.807, 2.05) is 0 Å². The maximum absolute atomic E-state index is 12.3. The molecule has 0 saturated heterocycles. The number of carbonyl (C=O) groups excluding carboxylic acids is 2. The van der Waals surface area contributed by atoms with E-state index < -0.39 is 0 Å². The Balaban J connectivity index is 2.29. The summed E-state index contributed by atoms with van der Waals surface area (Å²) < 4.78 is 0. The summed E-state index contributed by atoms with van der Waals surface area (Å²) in [7, 11) is 3.11. The number of nitrogens with zero attached hydrogens (tertiary/aromatic N) is 3. The molecular weight excluding hydrogens is 292 g/mol. The van der Waals surface area contributed by atoms with E-state index in [9.17, 15) is 9.59 Å². The Morgan fingerprint density at radius 3 is 2.48 bits per heavy atom. The van der Waals surface area contributed by atoms with Gasteiger partial charge in [-0.25, -0.2) is 0 Å². The second-order valence-electron chi connectivity index (χ2n) is 4.20. The quantitative estimate of drug-likeness (QED) is 0.937. The number of halogens is 1. The molecule has 2 aromatic heterocycles. The molecule has 0 atom stereocenters. The Bertz CT molecular complexity index is 690. The summed E-state index contributed by atoms with van der Waals surface area (Å²) in [6.07, 6.45) is 2.93. The summed E-state index contributed by atoms with van der Waals surface area (Å²) in [4.78, 5) is 33.2. The highest BCUT2D eigenvalue weighted by Gasteiger charge is 2.16. The van der Waals surface area contributed by atoms with Gasteiger partial charge in [0.05, 0.1) is 0 Å². The van der Waals surface area contributed by atoms with Crippen molar-refractivity contribution < 1.29 is 9.59 Å². The standard InChI is InChI=1S/C14H13ClN4O2/c1-16-13(20)11-8-10(4-6-17-11)19(2)14(21)12-7-9(15)3-5-18-12/h3-8H,1-2H3,(H,16,20). The Morgan fingerprint density at radius 1 is 1.14 bits per heavy atom. The molecule has 2 aromatic rings. The molecule has 2 amide bonds. The number of aromatic nitrogens is 2. The molecule has 21 heavy (non-hydrogen) atoms. The van der Waals surface area contributed by atoms with Gasteiger partial charge in [0.25, 0.3) is 11.8 Å². The number of carbonyl (C=O) groups is 2. The normalized spacial score (nSPS) is 10.0. The lowest BCUT2D eigenvalue weighted by Gasteiger charge is -2.17. The summed E-state index contributed by atoms with van der Waals surface area (Å²) >= 11 is 5.85. The van der Waals surface area contributed by atoms with Gasteiger partial charge in [-0.05, 0) is 24.3 Å². The average Bonchev–Trinajstić information content (AvgIpc) is 2.52. The largest absolute Gasteiger partial charge is 0.354 e. The van der Waals surface area contributed by atoms with Gasteiger partial charge in [-0.1, -0.05) is 11.6 Å². The minimum atomic E-state index is -0.327. The number of rotatable bonds is 3. The lowest BCUT2D eigenvalue weighted by molar-refractivity contribution is 0.0954. The molecule has 108 valence electrons. The van der Waals surface area contributed by atoms with Crippen molar-refractivity contribution in [3.05, 3.63) is 53.1 Å². The van der Waals surface area contributed by atoms with E-state index in [2.05, 4.69) is 15.3 Å². The van der Waals surface area contributed by atoms with Crippen LogP contribution >= 0.6 is 11.6 Å². The van der Waals surface area contributed by atoms with Gasteiger partial charge < -0.3 is 10.2 Å². The molecule has 0 unspecified atom stereocenters. The first-order chi connectivity index (χ1) is 10.0. The van der Waals surface area contributed by atoms with Crippen LogP contribution in [0.4, 0.5) is 5.69 Å². The van der Waals surface area contributed by atoms with Crippen LogP contribution in [0.25, 0.3) is 0 Å². The van der Waals surface area contributed by atoms with Gasteiger partial charge in [0, 0.05) is 37.2 Å². The summed E-state index contributed by atoms with van der Waals surface area (Å²) in [5, 5.41) is 2.91. The van der Waals surface area contributed by atoms with Crippen LogP contribution < -0.4 is 10.2 Å². The summed E-state index contributed by atoms with van der Waals surface area (Å²) in [6, 6.07) is 6.24. The molecule has 1 N–H and O–H groups in total. The van der Waals surface area contributed by atoms with Gasteiger partial charge in [0.2, 0.25) is 0 Å². The predicted molar refractivity (Wildman–Crippen MR) is 79.6 cm³/mol. The molecule has 0 aliphatic rings. The van der Waals surface area contributed by atoms with Gasteiger partial charge in [-0.2, -0.15) is 0 Å². The minimum Gasteiger partial charge on any atom is -0.354 e. The molecular formula is C14H13ClN4O2. The molecule has 6 nitrogen and oxygen atoms in total. The van der Waals surface area contributed by atoms with Crippen molar-refractivity contribution in [3.8, 4) is 0 Å². The van der Waals surface area contributed by atoms with Crippen molar-refractivity contribution in [2.45, 2.75) is 0 Å². The first-order valence-corrected chi connectivity index (χ1v) is 6.48. The highest BCUT2D eigenvalue weighted by atomic mass is 35.5. The molecule has 0 aromatic carbocycles. The van der Waals surface area contributed by atoms with Crippen LogP contribution in [0.3, 0.4) is 0 Å². The van der Waals surface area contributed by atoms with Gasteiger partial charge >= 0.3 is 0 Å². The van der Waals surface area contributed by atoms with Crippen molar-refractivity contribution in [3.63, 3.8) is 0 Å². The maximum Gasteiger partial charge on any atom is 0.276 e. The second kappa shape index (κ2) is 6.32. The summed E-state index contributed by atoms with van der Waals surface area (Å²) in [5.74, 6) is -0.648. The van der Waals surface area contributed by atoms with Crippen LogP contribution in [0, 0.1) is 0 Å². The van der Waals surface area contributed by atoms with Crippen molar-refractivity contribution in [1.29, 1.82) is 0 Å². The smallest absolute Gasteiger partial charge is 0.276 e. The molecule has 0 fully saturated rings.